The van der Waals surface area contributed by atoms with E-state index in [0.29, 0.717) is 24.0 Å². The fourth-order valence-electron chi connectivity index (χ4n) is 3.96. The van der Waals surface area contributed by atoms with Gasteiger partial charge in [0.15, 0.2) is 0 Å². The zero-order valence-corrected chi connectivity index (χ0v) is 15.8. The number of aryl methyl sites for hydroxylation is 1. The SMILES string of the molecule is CCCc1nnc(N2C[C@@H](CN3C[C@@H](C)O[C@@H](C)C3)[C@@H](CO)C2)s1. The first-order valence-corrected chi connectivity index (χ1v) is 9.96. The molecule has 7 heteroatoms. The van der Waals surface area contributed by atoms with Gasteiger partial charge >= 0.3 is 0 Å². The van der Waals surface area contributed by atoms with Gasteiger partial charge in [0, 0.05) is 51.7 Å². The van der Waals surface area contributed by atoms with Crippen LogP contribution in [0.15, 0.2) is 0 Å². The van der Waals surface area contributed by atoms with Crippen molar-refractivity contribution in [2.75, 3.05) is 44.2 Å². The number of morpholine rings is 1. The average Bonchev–Trinajstić information content (AvgIpc) is 3.13. The van der Waals surface area contributed by atoms with Crippen molar-refractivity contribution in [3.63, 3.8) is 0 Å². The van der Waals surface area contributed by atoms with Crippen LogP contribution < -0.4 is 4.90 Å². The summed E-state index contributed by atoms with van der Waals surface area (Å²) in [5.74, 6) is 0.794. The molecule has 24 heavy (non-hydrogen) atoms. The lowest BCUT2D eigenvalue weighted by atomic mass is 9.96. The van der Waals surface area contributed by atoms with Gasteiger partial charge < -0.3 is 14.7 Å². The topological polar surface area (TPSA) is 61.7 Å². The Labute approximate surface area is 148 Å². The smallest absolute Gasteiger partial charge is 0.208 e. The van der Waals surface area contributed by atoms with Crippen LogP contribution in [0.2, 0.25) is 0 Å². The van der Waals surface area contributed by atoms with Crippen LogP contribution in [-0.2, 0) is 11.2 Å². The fraction of sp³-hybridized carbons (Fsp3) is 0.882. The summed E-state index contributed by atoms with van der Waals surface area (Å²) in [5, 5.41) is 20.6. The largest absolute Gasteiger partial charge is 0.396 e. The van der Waals surface area contributed by atoms with Crippen LogP contribution in [0.25, 0.3) is 0 Å². The first kappa shape index (κ1) is 18.0. The molecule has 0 aromatic carbocycles. The Morgan fingerprint density at radius 1 is 1.12 bits per heavy atom. The Balaban J connectivity index is 1.61. The Kier molecular flexibility index (Phi) is 6.07. The molecule has 2 aliphatic heterocycles. The Morgan fingerprint density at radius 3 is 2.50 bits per heavy atom. The average molecular weight is 355 g/mol. The van der Waals surface area contributed by atoms with Gasteiger partial charge in [0.2, 0.25) is 5.13 Å². The summed E-state index contributed by atoms with van der Waals surface area (Å²) < 4.78 is 5.83. The van der Waals surface area contributed by atoms with E-state index in [1.165, 1.54) is 0 Å². The molecule has 0 unspecified atom stereocenters. The molecule has 1 N–H and O–H groups in total. The normalized spacial score (nSPS) is 31.8. The second-order valence-corrected chi connectivity index (χ2v) is 8.35. The Hall–Kier alpha value is -0.760. The van der Waals surface area contributed by atoms with Gasteiger partial charge in [0.25, 0.3) is 0 Å². The van der Waals surface area contributed by atoms with Crippen LogP contribution in [-0.4, -0.2) is 71.7 Å². The Bertz CT molecular complexity index is 516. The van der Waals surface area contributed by atoms with Crippen LogP contribution in [0.4, 0.5) is 5.13 Å². The van der Waals surface area contributed by atoms with Crippen LogP contribution in [0.5, 0.6) is 0 Å². The summed E-state index contributed by atoms with van der Waals surface area (Å²) in [4.78, 5) is 4.81. The third-order valence-electron chi connectivity index (χ3n) is 4.99. The van der Waals surface area contributed by atoms with Crippen LogP contribution in [0.1, 0.15) is 32.2 Å². The van der Waals surface area contributed by atoms with Crippen molar-refractivity contribution in [2.45, 2.75) is 45.8 Å². The third kappa shape index (κ3) is 4.25. The van der Waals surface area contributed by atoms with E-state index in [2.05, 4.69) is 40.8 Å². The predicted molar refractivity (Wildman–Crippen MR) is 96.6 cm³/mol. The van der Waals surface area contributed by atoms with Crippen molar-refractivity contribution >= 4 is 16.5 Å². The van der Waals surface area contributed by atoms with Gasteiger partial charge in [-0.1, -0.05) is 18.3 Å². The molecule has 1 aromatic rings. The highest BCUT2D eigenvalue weighted by Gasteiger charge is 2.36. The molecule has 2 saturated heterocycles. The van der Waals surface area contributed by atoms with Gasteiger partial charge in [-0.15, -0.1) is 10.2 Å². The predicted octanol–water partition coefficient (Wildman–Crippen LogP) is 1.64. The third-order valence-corrected chi connectivity index (χ3v) is 6.03. The minimum absolute atomic E-state index is 0.247. The lowest BCUT2D eigenvalue weighted by Gasteiger charge is -2.37. The molecule has 3 heterocycles. The molecule has 0 saturated carbocycles. The van der Waals surface area contributed by atoms with Gasteiger partial charge in [0.1, 0.15) is 5.01 Å². The van der Waals surface area contributed by atoms with Crippen molar-refractivity contribution in [1.29, 1.82) is 0 Å². The summed E-state index contributed by atoms with van der Waals surface area (Å²) in [5.41, 5.74) is 0. The number of aromatic nitrogens is 2. The lowest BCUT2D eigenvalue weighted by molar-refractivity contribution is -0.0725. The van der Waals surface area contributed by atoms with Crippen molar-refractivity contribution in [1.82, 2.24) is 15.1 Å². The van der Waals surface area contributed by atoms with Crippen molar-refractivity contribution < 1.29 is 9.84 Å². The first-order valence-electron chi connectivity index (χ1n) is 9.15. The molecule has 0 bridgehead atoms. The molecule has 6 nitrogen and oxygen atoms in total. The summed E-state index contributed by atoms with van der Waals surface area (Å²) in [6, 6.07) is 0. The van der Waals surface area contributed by atoms with Crippen molar-refractivity contribution in [2.24, 2.45) is 11.8 Å². The second kappa shape index (κ2) is 8.08. The van der Waals surface area contributed by atoms with E-state index in [4.69, 9.17) is 4.74 Å². The van der Waals surface area contributed by atoms with Crippen molar-refractivity contribution in [3.05, 3.63) is 5.01 Å². The zero-order chi connectivity index (χ0) is 17.1. The molecule has 2 fully saturated rings. The number of aliphatic hydroxyl groups excluding tert-OH is 1. The molecule has 0 spiro atoms. The first-order chi connectivity index (χ1) is 11.6. The summed E-state index contributed by atoms with van der Waals surface area (Å²) in [6.45, 7) is 11.5. The van der Waals surface area contributed by atoms with Gasteiger partial charge in [-0.2, -0.15) is 0 Å². The highest BCUT2D eigenvalue weighted by atomic mass is 32.1. The number of aliphatic hydroxyl groups is 1. The highest BCUT2D eigenvalue weighted by molar-refractivity contribution is 7.15. The quantitative estimate of drug-likeness (QED) is 0.838. The minimum atomic E-state index is 0.247. The number of anilines is 1. The van der Waals surface area contributed by atoms with Crippen LogP contribution in [0.3, 0.4) is 0 Å². The maximum Gasteiger partial charge on any atom is 0.208 e. The van der Waals surface area contributed by atoms with E-state index < -0.39 is 0 Å². The second-order valence-electron chi connectivity index (χ2n) is 7.31. The molecule has 2 aliphatic rings. The van der Waals surface area contributed by atoms with E-state index in [9.17, 15) is 5.11 Å². The monoisotopic (exact) mass is 354 g/mol. The number of rotatable bonds is 6. The molecule has 0 radical (unpaired) electrons. The summed E-state index contributed by atoms with van der Waals surface area (Å²) in [6.07, 6.45) is 2.68. The molecular formula is C17H30N4O2S. The number of hydrogen-bond donors (Lipinski definition) is 1. The lowest BCUT2D eigenvalue weighted by Crippen LogP contribution is -2.48. The molecular weight excluding hydrogens is 324 g/mol. The van der Waals surface area contributed by atoms with Gasteiger partial charge in [-0.05, 0) is 26.2 Å². The number of hydrogen-bond acceptors (Lipinski definition) is 7. The van der Waals surface area contributed by atoms with Crippen LogP contribution >= 0.6 is 11.3 Å². The van der Waals surface area contributed by atoms with Gasteiger partial charge in [-0.3, -0.25) is 4.90 Å². The van der Waals surface area contributed by atoms with Crippen LogP contribution in [0, 0.1) is 11.8 Å². The fourth-order valence-corrected chi connectivity index (χ4v) is 4.92. The molecule has 4 atom stereocenters. The molecule has 1 aromatic heterocycles. The molecule has 136 valence electrons. The zero-order valence-electron chi connectivity index (χ0n) is 15.0. The Morgan fingerprint density at radius 2 is 1.83 bits per heavy atom. The standard InChI is InChI=1S/C17H30N4O2S/c1-4-5-16-18-19-17(24-16)21-9-14(15(10-21)11-22)8-20-6-12(2)23-13(3)7-20/h12-15,22H,4-11H2,1-3H3/t12-,13+,14-,15-/m1/s1. The van der Waals surface area contributed by atoms with E-state index in [1.54, 1.807) is 11.3 Å². The van der Waals surface area contributed by atoms with Crippen molar-refractivity contribution in [3.8, 4) is 0 Å². The minimum Gasteiger partial charge on any atom is -0.396 e. The maximum atomic E-state index is 9.82. The number of nitrogens with zero attached hydrogens (tertiary/aromatic N) is 4. The molecule has 0 aliphatic carbocycles. The number of ether oxygens (including phenoxy) is 1. The maximum absolute atomic E-state index is 9.82. The summed E-state index contributed by atoms with van der Waals surface area (Å²) >= 11 is 1.70. The highest BCUT2D eigenvalue weighted by Crippen LogP contribution is 2.31. The molecule has 0 amide bonds. The summed E-state index contributed by atoms with van der Waals surface area (Å²) in [7, 11) is 0. The van der Waals surface area contributed by atoms with E-state index in [0.717, 1.165) is 55.7 Å². The van der Waals surface area contributed by atoms with Gasteiger partial charge in [0.05, 0.1) is 12.2 Å². The van der Waals surface area contributed by atoms with Gasteiger partial charge in [-0.25, -0.2) is 0 Å². The van der Waals surface area contributed by atoms with E-state index in [-0.39, 0.29) is 6.61 Å². The van der Waals surface area contributed by atoms with E-state index in [1.807, 2.05) is 0 Å². The molecule has 3 rings (SSSR count). The van der Waals surface area contributed by atoms with E-state index >= 15 is 0 Å².